The van der Waals surface area contributed by atoms with Gasteiger partial charge >= 0.3 is 17.9 Å². The van der Waals surface area contributed by atoms with Crippen LogP contribution in [0.15, 0.2) is 146 Å². The van der Waals surface area contributed by atoms with Crippen LogP contribution in [0.5, 0.6) is 0 Å². The van der Waals surface area contributed by atoms with Crippen LogP contribution in [-0.4, -0.2) is 37.2 Å². The van der Waals surface area contributed by atoms with Crippen molar-refractivity contribution in [1.82, 2.24) is 0 Å². The zero-order valence-electron chi connectivity index (χ0n) is 49.0. The first-order valence-corrected chi connectivity index (χ1v) is 30.8. The molecule has 0 fully saturated rings. The van der Waals surface area contributed by atoms with Gasteiger partial charge in [-0.3, -0.25) is 14.4 Å². The molecule has 0 aromatic heterocycles. The van der Waals surface area contributed by atoms with Crippen LogP contribution in [0.25, 0.3) is 0 Å². The van der Waals surface area contributed by atoms with E-state index in [0.29, 0.717) is 19.3 Å². The highest BCUT2D eigenvalue weighted by molar-refractivity contribution is 5.71. The fourth-order valence-corrected chi connectivity index (χ4v) is 8.00. The van der Waals surface area contributed by atoms with Crippen LogP contribution < -0.4 is 0 Å². The molecule has 0 radical (unpaired) electrons. The summed E-state index contributed by atoms with van der Waals surface area (Å²) in [5.41, 5.74) is 0. The first-order valence-electron chi connectivity index (χ1n) is 30.8. The molecule has 76 heavy (non-hydrogen) atoms. The lowest BCUT2D eigenvalue weighted by Crippen LogP contribution is -2.30. The van der Waals surface area contributed by atoms with Crippen LogP contribution in [0.1, 0.15) is 258 Å². The summed E-state index contributed by atoms with van der Waals surface area (Å²) in [6.07, 6.45) is 89.9. The third-order valence-corrected chi connectivity index (χ3v) is 12.6. The van der Waals surface area contributed by atoms with E-state index >= 15 is 0 Å². The molecule has 0 aliphatic rings. The monoisotopic (exact) mass is 1050 g/mol. The van der Waals surface area contributed by atoms with Gasteiger partial charge in [-0.05, 0) is 141 Å². The van der Waals surface area contributed by atoms with Crippen LogP contribution in [-0.2, 0) is 28.6 Å². The van der Waals surface area contributed by atoms with Crippen molar-refractivity contribution in [3.8, 4) is 0 Å². The molecule has 428 valence electrons. The molecule has 1 unspecified atom stereocenters. The van der Waals surface area contributed by atoms with Gasteiger partial charge < -0.3 is 14.2 Å². The highest BCUT2D eigenvalue weighted by Gasteiger charge is 2.19. The molecule has 0 aliphatic heterocycles. The molecule has 6 nitrogen and oxygen atoms in total. The molecule has 1 atom stereocenters. The van der Waals surface area contributed by atoms with Crippen molar-refractivity contribution in [3.05, 3.63) is 146 Å². The molecule has 0 aliphatic carbocycles. The van der Waals surface area contributed by atoms with E-state index in [9.17, 15) is 14.4 Å². The molecule has 0 saturated carbocycles. The zero-order valence-corrected chi connectivity index (χ0v) is 49.0. The highest BCUT2D eigenvalue weighted by Crippen LogP contribution is 2.14. The maximum absolute atomic E-state index is 12.9. The molecule has 0 bridgehead atoms. The van der Waals surface area contributed by atoms with Gasteiger partial charge in [0.05, 0.1) is 0 Å². The second-order valence-electron chi connectivity index (χ2n) is 19.8. The van der Waals surface area contributed by atoms with Gasteiger partial charge in [-0.2, -0.15) is 0 Å². The van der Waals surface area contributed by atoms with Gasteiger partial charge in [-0.1, -0.05) is 244 Å². The van der Waals surface area contributed by atoms with Gasteiger partial charge in [0.15, 0.2) is 6.10 Å². The Hall–Kier alpha value is -4.71. The van der Waals surface area contributed by atoms with Crippen LogP contribution in [0.2, 0.25) is 0 Å². The predicted molar refractivity (Wildman–Crippen MR) is 329 cm³/mol. The molecule has 0 amide bonds. The van der Waals surface area contributed by atoms with Crippen LogP contribution >= 0.6 is 0 Å². The minimum absolute atomic E-state index is 0.103. The average Bonchev–Trinajstić information content (AvgIpc) is 3.42. The van der Waals surface area contributed by atoms with Crippen molar-refractivity contribution in [2.75, 3.05) is 13.2 Å². The molecule has 0 spiro atoms. The number of hydrogen-bond donors (Lipinski definition) is 0. The summed E-state index contributed by atoms with van der Waals surface area (Å²) in [6.45, 7) is 6.35. The highest BCUT2D eigenvalue weighted by atomic mass is 16.6. The fourth-order valence-electron chi connectivity index (χ4n) is 8.00. The summed E-state index contributed by atoms with van der Waals surface area (Å²) in [5.74, 6) is -0.959. The van der Waals surface area contributed by atoms with Crippen LogP contribution in [0, 0.1) is 0 Å². The predicted octanol–water partition coefficient (Wildman–Crippen LogP) is 21.2. The zero-order chi connectivity index (χ0) is 55.0. The van der Waals surface area contributed by atoms with Gasteiger partial charge in [0.1, 0.15) is 13.2 Å². The minimum atomic E-state index is -0.806. The van der Waals surface area contributed by atoms with Crippen molar-refractivity contribution in [2.24, 2.45) is 0 Å². The Bertz CT molecular complexity index is 1680. The summed E-state index contributed by atoms with van der Waals surface area (Å²) in [6, 6.07) is 0. The maximum Gasteiger partial charge on any atom is 0.306 e. The Morgan fingerprint density at radius 2 is 0.513 bits per heavy atom. The van der Waals surface area contributed by atoms with E-state index in [0.717, 1.165) is 161 Å². The molecule has 0 aromatic rings. The van der Waals surface area contributed by atoms with Gasteiger partial charge in [0, 0.05) is 19.3 Å². The number of carbonyl (C=O) groups excluding carboxylic acids is 3. The molecule has 0 heterocycles. The topological polar surface area (TPSA) is 78.9 Å². The van der Waals surface area contributed by atoms with Gasteiger partial charge in [-0.25, -0.2) is 0 Å². The van der Waals surface area contributed by atoms with Crippen molar-refractivity contribution in [1.29, 1.82) is 0 Å². The van der Waals surface area contributed by atoms with Crippen molar-refractivity contribution < 1.29 is 28.6 Å². The lowest BCUT2D eigenvalue weighted by Gasteiger charge is -2.18. The van der Waals surface area contributed by atoms with E-state index in [1.807, 2.05) is 0 Å². The average molecular weight is 1050 g/mol. The van der Waals surface area contributed by atoms with Crippen molar-refractivity contribution in [2.45, 2.75) is 264 Å². The summed E-state index contributed by atoms with van der Waals surface area (Å²) in [5, 5.41) is 0. The third-order valence-electron chi connectivity index (χ3n) is 12.6. The number of carbonyl (C=O) groups is 3. The van der Waals surface area contributed by atoms with Gasteiger partial charge in [0.2, 0.25) is 0 Å². The Morgan fingerprint density at radius 1 is 0.276 bits per heavy atom. The first-order chi connectivity index (χ1) is 37.5. The quantitative estimate of drug-likeness (QED) is 0.0261. The SMILES string of the molecule is CC/C=C\C/C=C\C/C=C\C/C=C\C/C=C\C/C=C\C/C=C\C/C=C\CCCCCCCCC(=O)OCC(COC(=O)CCCCC/C=C\C/C=C\C/C=C\CC)OC(=O)CCCCCCC/C=C\CCCCCCC. The van der Waals surface area contributed by atoms with Crippen LogP contribution in [0.4, 0.5) is 0 Å². The molecule has 0 aromatic carbocycles. The smallest absolute Gasteiger partial charge is 0.306 e. The third kappa shape index (κ3) is 60.2. The Morgan fingerprint density at radius 3 is 0.829 bits per heavy atom. The van der Waals surface area contributed by atoms with E-state index in [-0.39, 0.29) is 31.1 Å². The summed E-state index contributed by atoms with van der Waals surface area (Å²) < 4.78 is 16.8. The molecule has 0 N–H and O–H groups in total. The van der Waals surface area contributed by atoms with Crippen LogP contribution in [0.3, 0.4) is 0 Å². The molecule has 0 saturated heterocycles. The number of ether oxygens (including phenoxy) is 3. The summed E-state index contributed by atoms with van der Waals surface area (Å²) >= 11 is 0. The Kier molecular flexibility index (Phi) is 58.9. The lowest BCUT2D eigenvalue weighted by atomic mass is 10.1. The van der Waals surface area contributed by atoms with Gasteiger partial charge in [-0.15, -0.1) is 0 Å². The fraction of sp³-hybridized carbons (Fsp3) is 0.614. The van der Waals surface area contributed by atoms with Crippen molar-refractivity contribution in [3.63, 3.8) is 0 Å². The van der Waals surface area contributed by atoms with E-state index in [4.69, 9.17) is 14.2 Å². The van der Waals surface area contributed by atoms with E-state index in [2.05, 4.69) is 167 Å². The normalized spacial score (nSPS) is 13.1. The molecule has 0 rings (SSSR count). The van der Waals surface area contributed by atoms with E-state index < -0.39 is 6.10 Å². The number of esters is 3. The lowest BCUT2D eigenvalue weighted by molar-refractivity contribution is -0.167. The number of hydrogen-bond acceptors (Lipinski definition) is 6. The first kappa shape index (κ1) is 71.3. The largest absolute Gasteiger partial charge is 0.462 e. The molecular formula is C70H112O6. The second kappa shape index (κ2) is 62.8. The minimum Gasteiger partial charge on any atom is -0.462 e. The second-order valence-corrected chi connectivity index (χ2v) is 19.8. The maximum atomic E-state index is 12.9. The van der Waals surface area contributed by atoms with Gasteiger partial charge in [0.25, 0.3) is 0 Å². The van der Waals surface area contributed by atoms with E-state index in [1.54, 1.807) is 0 Å². The summed E-state index contributed by atoms with van der Waals surface area (Å²) in [4.78, 5) is 38.2. The van der Waals surface area contributed by atoms with E-state index in [1.165, 1.54) is 57.8 Å². The molecular weight excluding hydrogens is 937 g/mol. The standard InChI is InChI=1S/C70H112O6/c1-4-7-10-13-16-19-22-25-27-28-29-30-31-32-33-34-35-36-37-38-39-40-41-42-43-46-48-51-54-57-60-63-69(72)75-66-67(65-74-68(71)62-59-56-53-50-47-44-24-21-18-15-12-9-6-3)76-70(73)64-61-58-55-52-49-45-26-23-20-17-14-11-8-5-2/h7,9-10,12,16,18-19,21,23,25-27,29-30,32-33,35-36,38-39,41-42,44,47,67H,4-6,8,11,13-15,17,20,22,24,28,31,34,37,40,43,45-46,48-66H2,1-3H3/b10-7-,12-9-,19-16-,21-18-,26-23-,27-25-,30-29-,33-32-,36-35-,39-38-,42-41-,47-44-. The summed E-state index contributed by atoms with van der Waals surface area (Å²) in [7, 11) is 0. The Labute approximate surface area is 467 Å². The number of allylic oxidation sites excluding steroid dienone is 24. The number of unbranched alkanes of at least 4 members (excludes halogenated alkanes) is 19. The number of rotatable bonds is 54. The van der Waals surface area contributed by atoms with Crippen molar-refractivity contribution >= 4 is 17.9 Å². The molecule has 6 heteroatoms. The Balaban J connectivity index is 4.34.